The number of carbonyl (C=O) groups excluding carboxylic acids is 1. The lowest BCUT2D eigenvalue weighted by molar-refractivity contribution is -0.117. The number of fused-ring (bicyclic) bond motifs is 3. The van der Waals surface area contributed by atoms with Gasteiger partial charge in [-0.05, 0) is 24.1 Å². The Morgan fingerprint density at radius 2 is 1.74 bits per heavy atom. The lowest BCUT2D eigenvalue weighted by Crippen LogP contribution is -2.37. The summed E-state index contributed by atoms with van der Waals surface area (Å²) < 4.78 is 0. The first kappa shape index (κ1) is 11.1. The predicted molar refractivity (Wildman–Crippen MR) is 77.1 cm³/mol. The molecule has 2 aliphatic heterocycles. The van der Waals surface area contributed by atoms with Crippen molar-refractivity contribution in [1.29, 1.82) is 0 Å². The molecule has 0 radical (unpaired) electrons. The molecule has 0 spiro atoms. The zero-order valence-corrected chi connectivity index (χ0v) is 11.2. The Hall–Kier alpha value is -1.74. The number of benzene rings is 2. The molecule has 2 nitrogen and oxygen atoms in total. The minimum atomic E-state index is -0.220. The molecule has 2 heterocycles. The number of nitrogens with zero attached hydrogens (tertiary/aromatic N) is 1. The van der Waals surface area contributed by atoms with E-state index in [4.69, 9.17) is 0 Å². The van der Waals surface area contributed by atoms with Crippen LogP contribution in [0, 0.1) is 0 Å². The maximum Gasteiger partial charge on any atom is 0.228 e. The Morgan fingerprint density at radius 1 is 1.00 bits per heavy atom. The van der Waals surface area contributed by atoms with Crippen LogP contribution in [0.25, 0.3) is 0 Å². The van der Waals surface area contributed by atoms with Gasteiger partial charge in [0.25, 0.3) is 0 Å². The summed E-state index contributed by atoms with van der Waals surface area (Å²) >= 11 is 1.82. The SMILES string of the molecule is O=C1CCC2(c3ccccc3)Sc3ccccc3N12. The molecular weight excluding hydrogens is 254 g/mol. The number of anilines is 1. The van der Waals surface area contributed by atoms with Crippen LogP contribution >= 0.6 is 11.8 Å². The molecule has 1 atom stereocenters. The molecule has 3 heteroatoms. The quantitative estimate of drug-likeness (QED) is 0.784. The second-order valence-electron chi connectivity index (χ2n) is 4.95. The first-order chi connectivity index (χ1) is 9.31. The molecule has 1 unspecified atom stereocenters. The molecule has 2 aromatic rings. The van der Waals surface area contributed by atoms with Gasteiger partial charge in [-0.3, -0.25) is 9.69 Å². The maximum atomic E-state index is 12.3. The largest absolute Gasteiger partial charge is 0.292 e. The van der Waals surface area contributed by atoms with Gasteiger partial charge in [0.15, 0.2) is 0 Å². The minimum absolute atomic E-state index is 0.220. The second kappa shape index (κ2) is 3.87. The molecule has 0 aromatic heterocycles. The van der Waals surface area contributed by atoms with Gasteiger partial charge in [0, 0.05) is 11.3 Å². The molecule has 0 bridgehead atoms. The zero-order chi connectivity index (χ0) is 12.9. The third-order valence-electron chi connectivity index (χ3n) is 3.90. The van der Waals surface area contributed by atoms with E-state index in [-0.39, 0.29) is 10.8 Å². The summed E-state index contributed by atoms with van der Waals surface area (Å²) in [7, 11) is 0. The van der Waals surface area contributed by atoms with Crippen LogP contribution in [0.5, 0.6) is 0 Å². The van der Waals surface area contributed by atoms with E-state index < -0.39 is 0 Å². The number of hydrogen-bond donors (Lipinski definition) is 0. The van der Waals surface area contributed by atoms with Gasteiger partial charge in [-0.1, -0.05) is 54.2 Å². The van der Waals surface area contributed by atoms with E-state index in [1.54, 1.807) is 0 Å². The molecule has 0 N–H and O–H groups in total. The van der Waals surface area contributed by atoms with Crippen molar-refractivity contribution in [3.05, 3.63) is 60.2 Å². The van der Waals surface area contributed by atoms with Crippen molar-refractivity contribution in [2.24, 2.45) is 0 Å². The molecule has 19 heavy (non-hydrogen) atoms. The summed E-state index contributed by atoms with van der Waals surface area (Å²) in [5.41, 5.74) is 2.29. The Morgan fingerprint density at radius 3 is 2.58 bits per heavy atom. The summed E-state index contributed by atoms with van der Waals surface area (Å²) in [4.78, 5) is 15.3. The van der Waals surface area contributed by atoms with E-state index in [9.17, 15) is 4.79 Å². The van der Waals surface area contributed by atoms with Crippen LogP contribution < -0.4 is 4.90 Å². The van der Waals surface area contributed by atoms with E-state index >= 15 is 0 Å². The molecule has 1 amide bonds. The van der Waals surface area contributed by atoms with Crippen molar-refractivity contribution in [3.8, 4) is 0 Å². The highest BCUT2D eigenvalue weighted by Gasteiger charge is 2.53. The number of carbonyl (C=O) groups is 1. The molecule has 2 aliphatic rings. The van der Waals surface area contributed by atoms with Crippen LogP contribution in [-0.2, 0) is 9.67 Å². The number of para-hydroxylation sites is 1. The van der Waals surface area contributed by atoms with E-state index in [0.29, 0.717) is 6.42 Å². The van der Waals surface area contributed by atoms with Gasteiger partial charge in [-0.25, -0.2) is 0 Å². The van der Waals surface area contributed by atoms with Crippen LogP contribution in [0.1, 0.15) is 18.4 Å². The monoisotopic (exact) mass is 267 g/mol. The van der Waals surface area contributed by atoms with Gasteiger partial charge in [-0.2, -0.15) is 0 Å². The highest BCUT2D eigenvalue weighted by molar-refractivity contribution is 8.01. The summed E-state index contributed by atoms with van der Waals surface area (Å²) in [6, 6.07) is 18.6. The van der Waals surface area contributed by atoms with Crippen molar-refractivity contribution in [3.63, 3.8) is 0 Å². The highest BCUT2D eigenvalue weighted by atomic mass is 32.2. The van der Waals surface area contributed by atoms with E-state index in [0.717, 1.165) is 12.1 Å². The van der Waals surface area contributed by atoms with E-state index in [2.05, 4.69) is 36.4 Å². The van der Waals surface area contributed by atoms with Crippen LogP contribution in [0.4, 0.5) is 5.69 Å². The van der Waals surface area contributed by atoms with Crippen molar-refractivity contribution < 1.29 is 4.79 Å². The highest BCUT2D eigenvalue weighted by Crippen LogP contribution is 2.60. The van der Waals surface area contributed by atoms with Crippen LogP contribution in [0.2, 0.25) is 0 Å². The van der Waals surface area contributed by atoms with Crippen LogP contribution in [0.15, 0.2) is 59.5 Å². The molecule has 0 aliphatic carbocycles. The smallest absolute Gasteiger partial charge is 0.228 e. The average Bonchev–Trinajstić information content (AvgIpc) is 2.96. The topological polar surface area (TPSA) is 20.3 Å². The first-order valence-electron chi connectivity index (χ1n) is 6.48. The van der Waals surface area contributed by atoms with E-state index in [1.165, 1.54) is 10.5 Å². The van der Waals surface area contributed by atoms with Crippen LogP contribution in [0.3, 0.4) is 0 Å². The van der Waals surface area contributed by atoms with Gasteiger partial charge in [-0.15, -0.1) is 0 Å². The number of thioether (sulfide) groups is 1. The lowest BCUT2D eigenvalue weighted by Gasteiger charge is -2.31. The number of hydrogen-bond acceptors (Lipinski definition) is 2. The summed E-state index contributed by atoms with van der Waals surface area (Å²) in [6.45, 7) is 0. The van der Waals surface area contributed by atoms with Crippen molar-refractivity contribution in [2.45, 2.75) is 22.6 Å². The summed E-state index contributed by atoms with van der Waals surface area (Å²) in [5, 5.41) is 0. The predicted octanol–water partition coefficient (Wildman–Crippen LogP) is 3.77. The maximum absolute atomic E-state index is 12.3. The van der Waals surface area contributed by atoms with Gasteiger partial charge in [0.2, 0.25) is 5.91 Å². The number of rotatable bonds is 1. The minimum Gasteiger partial charge on any atom is -0.292 e. The standard InChI is InChI=1S/C16H13NOS/c18-15-10-11-16(12-6-2-1-3-7-12)17(15)13-8-4-5-9-14(13)19-16/h1-9H,10-11H2. The third-order valence-corrected chi connectivity index (χ3v) is 5.42. The summed E-state index contributed by atoms with van der Waals surface area (Å²) in [6.07, 6.45) is 1.52. The zero-order valence-electron chi connectivity index (χ0n) is 10.4. The molecule has 94 valence electrons. The molecule has 4 rings (SSSR count). The number of amides is 1. The van der Waals surface area contributed by atoms with Crippen LogP contribution in [-0.4, -0.2) is 5.91 Å². The Balaban J connectivity index is 1.93. The molecule has 2 aromatic carbocycles. The van der Waals surface area contributed by atoms with Crippen molar-refractivity contribution in [2.75, 3.05) is 4.90 Å². The Kier molecular flexibility index (Phi) is 2.27. The lowest BCUT2D eigenvalue weighted by atomic mass is 10.0. The van der Waals surface area contributed by atoms with E-state index in [1.807, 2.05) is 34.9 Å². The fraction of sp³-hybridized carbons (Fsp3) is 0.188. The van der Waals surface area contributed by atoms with Gasteiger partial charge in [0.1, 0.15) is 4.87 Å². The van der Waals surface area contributed by atoms with Crippen molar-refractivity contribution >= 4 is 23.4 Å². The fourth-order valence-corrected chi connectivity index (χ4v) is 4.59. The molecule has 1 fully saturated rings. The first-order valence-corrected chi connectivity index (χ1v) is 7.29. The fourth-order valence-electron chi connectivity index (χ4n) is 3.07. The molecule has 1 saturated heterocycles. The normalized spacial score (nSPS) is 24.4. The summed E-state index contributed by atoms with van der Waals surface area (Å²) in [5.74, 6) is 0.237. The average molecular weight is 267 g/mol. The molecule has 0 saturated carbocycles. The Bertz CT molecular complexity index is 655. The third kappa shape index (κ3) is 1.42. The van der Waals surface area contributed by atoms with Crippen molar-refractivity contribution in [1.82, 2.24) is 0 Å². The Labute approximate surface area is 116 Å². The molecular formula is C16H13NOS. The second-order valence-corrected chi connectivity index (χ2v) is 6.27. The van der Waals surface area contributed by atoms with Gasteiger partial charge in [0.05, 0.1) is 5.69 Å². The van der Waals surface area contributed by atoms with Gasteiger partial charge < -0.3 is 0 Å². The van der Waals surface area contributed by atoms with Gasteiger partial charge >= 0.3 is 0 Å².